The van der Waals surface area contributed by atoms with E-state index in [1.807, 2.05) is 0 Å². The van der Waals surface area contributed by atoms with Gasteiger partial charge < -0.3 is 5.32 Å². The zero-order chi connectivity index (χ0) is 16.8. The summed E-state index contributed by atoms with van der Waals surface area (Å²) in [6.45, 7) is 0. The maximum Gasteiger partial charge on any atom is 0.304 e. The number of thiophene rings is 1. The van der Waals surface area contributed by atoms with E-state index < -0.39 is 14.8 Å². The van der Waals surface area contributed by atoms with Crippen molar-refractivity contribution in [3.63, 3.8) is 0 Å². The van der Waals surface area contributed by atoms with Crippen LogP contribution in [0.5, 0.6) is 0 Å². The van der Waals surface area contributed by atoms with Gasteiger partial charge in [0.15, 0.2) is 14.8 Å². The molecule has 0 aliphatic heterocycles. The Balaban J connectivity index is 1.82. The maximum atomic E-state index is 13.2. The molecule has 0 amide bonds. The first-order valence-electron chi connectivity index (χ1n) is 6.76. The van der Waals surface area contributed by atoms with Crippen LogP contribution in [-0.2, 0) is 9.84 Å². The summed E-state index contributed by atoms with van der Waals surface area (Å²) < 4.78 is 36.3. The first kappa shape index (κ1) is 15.9. The molecule has 3 rings (SSSR count). The van der Waals surface area contributed by atoms with E-state index in [2.05, 4.69) is 5.32 Å². The number of benzene rings is 1. The number of hydrogen-bond acceptors (Lipinski definition) is 6. The first-order valence-corrected chi connectivity index (χ1v) is 9.47. The molecule has 2 atom stereocenters. The molecule has 122 valence electrons. The van der Waals surface area contributed by atoms with Gasteiger partial charge in [0.1, 0.15) is 10.0 Å². The van der Waals surface area contributed by atoms with Crippen molar-refractivity contribution >= 4 is 31.9 Å². The molecule has 0 radical (unpaired) electrons. The SMILES string of the molecule is CS(=O)(=O)c1cc([N+](=O)[O-])c(N[C@@H]2C[C@H]2c2cccc(F)c2)s1. The summed E-state index contributed by atoms with van der Waals surface area (Å²) in [7, 11) is -3.50. The fraction of sp³-hybridized carbons (Fsp3) is 0.286. The lowest BCUT2D eigenvalue weighted by atomic mass is 10.1. The van der Waals surface area contributed by atoms with Gasteiger partial charge in [0.2, 0.25) is 0 Å². The lowest BCUT2D eigenvalue weighted by Crippen LogP contribution is -2.04. The first-order chi connectivity index (χ1) is 10.8. The van der Waals surface area contributed by atoms with E-state index in [1.165, 1.54) is 12.1 Å². The van der Waals surface area contributed by atoms with Crippen LogP contribution in [0, 0.1) is 15.9 Å². The fourth-order valence-corrected chi connectivity index (χ4v) is 4.41. The minimum atomic E-state index is -3.50. The van der Waals surface area contributed by atoms with Gasteiger partial charge in [0, 0.05) is 24.3 Å². The van der Waals surface area contributed by atoms with Crippen LogP contribution in [0.1, 0.15) is 17.9 Å². The van der Waals surface area contributed by atoms with E-state index >= 15 is 0 Å². The second-order valence-electron chi connectivity index (χ2n) is 5.46. The summed E-state index contributed by atoms with van der Waals surface area (Å²) in [4.78, 5) is 10.5. The average Bonchev–Trinajstić information content (AvgIpc) is 3.05. The zero-order valence-corrected chi connectivity index (χ0v) is 13.7. The Morgan fingerprint density at radius 3 is 2.74 bits per heavy atom. The lowest BCUT2D eigenvalue weighted by molar-refractivity contribution is -0.383. The summed E-state index contributed by atoms with van der Waals surface area (Å²) in [5.74, 6) is -0.260. The molecule has 0 saturated heterocycles. The highest BCUT2D eigenvalue weighted by Gasteiger charge is 2.40. The van der Waals surface area contributed by atoms with Gasteiger partial charge in [-0.2, -0.15) is 0 Å². The number of hydrogen-bond donors (Lipinski definition) is 1. The summed E-state index contributed by atoms with van der Waals surface area (Å²) in [5, 5.41) is 14.3. The Labute approximate surface area is 136 Å². The molecule has 1 aromatic carbocycles. The van der Waals surface area contributed by atoms with E-state index in [9.17, 15) is 22.9 Å². The van der Waals surface area contributed by atoms with Crippen molar-refractivity contribution in [3.8, 4) is 0 Å². The van der Waals surface area contributed by atoms with E-state index in [-0.39, 0.29) is 32.7 Å². The minimum absolute atomic E-state index is 0.0466. The van der Waals surface area contributed by atoms with Gasteiger partial charge in [-0.05, 0) is 24.1 Å². The number of halogens is 1. The van der Waals surface area contributed by atoms with E-state index in [4.69, 9.17) is 0 Å². The molecule has 9 heteroatoms. The summed E-state index contributed by atoms with van der Waals surface area (Å²) in [5.41, 5.74) is 0.574. The molecule has 1 heterocycles. The van der Waals surface area contributed by atoms with E-state index in [0.717, 1.165) is 29.2 Å². The van der Waals surface area contributed by atoms with Crippen molar-refractivity contribution in [2.24, 2.45) is 0 Å². The monoisotopic (exact) mass is 356 g/mol. The molecule has 0 unspecified atom stereocenters. The van der Waals surface area contributed by atoms with Gasteiger partial charge in [-0.25, -0.2) is 12.8 Å². The van der Waals surface area contributed by atoms with Gasteiger partial charge in [0.05, 0.1) is 4.92 Å². The molecule has 23 heavy (non-hydrogen) atoms. The van der Waals surface area contributed by atoms with Crippen molar-refractivity contribution in [2.75, 3.05) is 11.6 Å². The van der Waals surface area contributed by atoms with Gasteiger partial charge in [0.25, 0.3) is 0 Å². The molecule has 1 saturated carbocycles. The van der Waals surface area contributed by atoms with E-state index in [1.54, 1.807) is 12.1 Å². The van der Waals surface area contributed by atoms with Gasteiger partial charge in [-0.3, -0.25) is 10.1 Å². The highest BCUT2D eigenvalue weighted by molar-refractivity contribution is 7.92. The number of nitrogens with zero attached hydrogens (tertiary/aromatic N) is 1. The van der Waals surface area contributed by atoms with Crippen LogP contribution in [0.4, 0.5) is 15.1 Å². The van der Waals surface area contributed by atoms with Crippen LogP contribution >= 0.6 is 11.3 Å². The van der Waals surface area contributed by atoms with Crippen molar-refractivity contribution in [1.82, 2.24) is 0 Å². The lowest BCUT2D eigenvalue weighted by Gasteiger charge is -2.03. The van der Waals surface area contributed by atoms with Gasteiger partial charge >= 0.3 is 5.69 Å². The molecule has 0 bridgehead atoms. The molecular formula is C14H13FN2O4S2. The second kappa shape index (κ2) is 5.57. The van der Waals surface area contributed by atoms with Crippen LogP contribution in [0.25, 0.3) is 0 Å². The average molecular weight is 356 g/mol. The van der Waals surface area contributed by atoms with Crippen molar-refractivity contribution < 1.29 is 17.7 Å². The Bertz CT molecular complexity index is 879. The number of sulfone groups is 1. The molecule has 0 spiro atoms. The number of anilines is 1. The third-order valence-electron chi connectivity index (χ3n) is 3.64. The normalized spacial score (nSPS) is 20.3. The summed E-state index contributed by atoms with van der Waals surface area (Å²) in [6, 6.07) is 7.23. The second-order valence-corrected chi connectivity index (χ2v) is 8.75. The standard InChI is InChI=1S/C14H13FN2O4S2/c1-23(20,21)13-7-12(17(18)19)14(22-13)16-11-6-10(11)8-3-2-4-9(15)5-8/h2-5,7,10-11,16H,6H2,1H3/t10-,11+/m0/s1. The summed E-state index contributed by atoms with van der Waals surface area (Å²) >= 11 is 0.849. The quantitative estimate of drug-likeness (QED) is 0.656. The van der Waals surface area contributed by atoms with Crippen molar-refractivity contribution in [1.29, 1.82) is 0 Å². The Morgan fingerprint density at radius 1 is 1.39 bits per heavy atom. The molecule has 1 fully saturated rings. The third-order valence-corrected chi connectivity index (χ3v) is 6.49. The predicted molar refractivity (Wildman–Crippen MR) is 85.3 cm³/mol. The van der Waals surface area contributed by atoms with Gasteiger partial charge in [-0.1, -0.05) is 23.5 Å². The Hall–Kier alpha value is -2.00. The molecule has 1 N–H and O–H groups in total. The van der Waals surface area contributed by atoms with Crippen LogP contribution < -0.4 is 5.32 Å². The van der Waals surface area contributed by atoms with Crippen LogP contribution in [0.3, 0.4) is 0 Å². The van der Waals surface area contributed by atoms with Crippen LogP contribution in [-0.4, -0.2) is 25.6 Å². The van der Waals surface area contributed by atoms with Gasteiger partial charge in [-0.15, -0.1) is 0 Å². The molecule has 6 nitrogen and oxygen atoms in total. The fourth-order valence-electron chi connectivity index (χ4n) is 2.41. The van der Waals surface area contributed by atoms with E-state index in [0.29, 0.717) is 6.42 Å². The third kappa shape index (κ3) is 3.35. The maximum absolute atomic E-state index is 13.2. The zero-order valence-electron chi connectivity index (χ0n) is 12.0. The highest BCUT2D eigenvalue weighted by atomic mass is 32.2. The minimum Gasteiger partial charge on any atom is -0.368 e. The predicted octanol–water partition coefficient (Wildman–Crippen LogP) is 3.17. The Kier molecular flexibility index (Phi) is 3.85. The molecule has 2 aromatic rings. The number of rotatable bonds is 5. The highest BCUT2D eigenvalue weighted by Crippen LogP contribution is 2.46. The van der Waals surface area contributed by atoms with Crippen LogP contribution in [0.2, 0.25) is 0 Å². The van der Waals surface area contributed by atoms with Crippen molar-refractivity contribution in [3.05, 3.63) is 51.8 Å². The largest absolute Gasteiger partial charge is 0.368 e. The molecule has 1 aliphatic carbocycles. The molecule has 1 aromatic heterocycles. The number of nitro groups is 1. The van der Waals surface area contributed by atoms with Crippen molar-refractivity contribution in [2.45, 2.75) is 22.6 Å². The Morgan fingerprint density at radius 2 is 2.13 bits per heavy atom. The smallest absolute Gasteiger partial charge is 0.304 e. The van der Waals surface area contributed by atoms with Crippen LogP contribution in [0.15, 0.2) is 34.5 Å². The topological polar surface area (TPSA) is 89.3 Å². The molecular weight excluding hydrogens is 343 g/mol. The summed E-state index contributed by atoms with van der Waals surface area (Å²) in [6.07, 6.45) is 1.73. The number of nitrogens with one attached hydrogen (secondary N) is 1. The molecule has 1 aliphatic rings.